The zero-order valence-electron chi connectivity index (χ0n) is 45.0. The molecular weight excluding hydrogens is 996 g/mol. The van der Waals surface area contributed by atoms with Crippen molar-refractivity contribution in [2.45, 2.75) is 6.92 Å². The fourth-order valence-corrected chi connectivity index (χ4v) is 8.06. The van der Waals surface area contributed by atoms with Gasteiger partial charge < -0.3 is 72.2 Å². The number of allylic oxidation sites excluding steroid dienone is 1. The normalized spacial score (nSPS) is 11.4. The highest BCUT2D eigenvalue weighted by Gasteiger charge is 2.22. The van der Waals surface area contributed by atoms with Gasteiger partial charge in [-0.05, 0) is 96.1 Å². The summed E-state index contributed by atoms with van der Waals surface area (Å²) in [4.78, 5) is 27.1. The molecule has 0 heterocycles. The number of nitrogens with one attached hydrogen (secondary N) is 2. The number of anilines is 2. The molecule has 1 atom stereocenters. The molecule has 0 aliphatic heterocycles. The number of carbonyl (C=O) groups is 2. The van der Waals surface area contributed by atoms with E-state index in [4.69, 9.17) is 61.6 Å². The van der Waals surface area contributed by atoms with E-state index in [1.807, 2.05) is 48.6 Å². The Labute approximate surface area is 447 Å². The molecule has 18 heteroatoms. The van der Waals surface area contributed by atoms with Crippen LogP contribution in [0.3, 0.4) is 0 Å². The zero-order valence-corrected chi connectivity index (χ0v) is 45.0. The molecule has 0 radical (unpaired) electrons. The number of carbonyl (C=O) groups excluding carboxylic acids is 2. The Bertz CT molecular complexity index is 3110. The highest BCUT2D eigenvalue weighted by molar-refractivity contribution is 6.05. The predicted octanol–water partition coefficient (Wildman–Crippen LogP) is 11.4. The molecule has 6 rings (SSSR count). The third-order valence-corrected chi connectivity index (χ3v) is 12.0. The number of Topliss-reactive ketones (excluding diaryl/α,β-unsaturated/α-hetero) is 1. The fourth-order valence-electron chi connectivity index (χ4n) is 8.06. The summed E-state index contributed by atoms with van der Waals surface area (Å²) in [5.74, 6) is 3.02. The number of hydrogen-bond donors (Lipinski definition) is 2. The van der Waals surface area contributed by atoms with Gasteiger partial charge in [0.15, 0.2) is 80.6 Å². The number of rotatable bonds is 28. The SMILES string of the molecule is COc1ccc(C(=O)C(C)CNc2c(/C=C\c3cc(OC)c(OC)c(OCOc4cc(C(=O)/C=C\Nc5c(/C=C\c6cc(OC)c(OC)c(OC)c6)ccc(OC)c5OC)ccc4OC)c3)ccc(OC)c2OC)cc1F. The highest BCUT2D eigenvalue weighted by atomic mass is 19.1. The van der Waals surface area contributed by atoms with Gasteiger partial charge in [-0.1, -0.05) is 31.2 Å². The fraction of sp³-hybridized carbons (Fsp3) is 0.254. The Kier molecular flexibility index (Phi) is 20.3. The van der Waals surface area contributed by atoms with Crippen LogP contribution in [0.2, 0.25) is 0 Å². The first kappa shape index (κ1) is 57.1. The molecule has 1 unspecified atom stereocenters. The molecule has 0 fully saturated rings. The Morgan fingerprint density at radius 1 is 0.468 bits per heavy atom. The molecule has 0 bridgehead atoms. The van der Waals surface area contributed by atoms with Gasteiger partial charge in [-0.2, -0.15) is 0 Å². The van der Waals surface area contributed by atoms with Crippen molar-refractivity contribution < 1.29 is 75.6 Å². The Morgan fingerprint density at radius 2 is 0.922 bits per heavy atom. The van der Waals surface area contributed by atoms with E-state index in [-0.39, 0.29) is 47.7 Å². The summed E-state index contributed by atoms with van der Waals surface area (Å²) >= 11 is 0. The number of benzene rings is 6. The molecular formula is C59H63FN2O15. The summed E-state index contributed by atoms with van der Waals surface area (Å²) in [6.45, 7) is 1.60. The maximum Gasteiger partial charge on any atom is 0.231 e. The van der Waals surface area contributed by atoms with E-state index in [0.717, 1.165) is 5.56 Å². The monoisotopic (exact) mass is 1060 g/mol. The number of ketones is 2. The molecule has 17 nitrogen and oxygen atoms in total. The molecule has 0 aliphatic carbocycles. The van der Waals surface area contributed by atoms with Crippen molar-refractivity contribution in [2.75, 3.05) is 102 Å². The van der Waals surface area contributed by atoms with Gasteiger partial charge in [0.1, 0.15) is 0 Å². The second kappa shape index (κ2) is 27.4. The van der Waals surface area contributed by atoms with E-state index in [0.29, 0.717) is 91.1 Å². The molecule has 2 N–H and O–H groups in total. The first-order valence-corrected chi connectivity index (χ1v) is 23.8. The molecule has 406 valence electrons. The zero-order chi connectivity index (χ0) is 55.6. The molecule has 0 amide bonds. The lowest BCUT2D eigenvalue weighted by atomic mass is 9.98. The van der Waals surface area contributed by atoms with E-state index < -0.39 is 11.7 Å². The van der Waals surface area contributed by atoms with Crippen molar-refractivity contribution in [1.82, 2.24) is 0 Å². The molecule has 0 saturated heterocycles. The Balaban J connectivity index is 1.19. The summed E-state index contributed by atoms with van der Waals surface area (Å²) in [6.07, 6.45) is 10.3. The first-order chi connectivity index (χ1) is 37.3. The van der Waals surface area contributed by atoms with Crippen molar-refractivity contribution in [3.05, 3.63) is 136 Å². The van der Waals surface area contributed by atoms with E-state index in [1.165, 1.54) is 87.4 Å². The Hall–Kier alpha value is -9.19. The van der Waals surface area contributed by atoms with Crippen LogP contribution in [0.15, 0.2) is 97.2 Å². The second-order valence-corrected chi connectivity index (χ2v) is 16.5. The largest absolute Gasteiger partial charge is 0.494 e. The molecule has 6 aromatic carbocycles. The van der Waals surface area contributed by atoms with Gasteiger partial charge in [0.25, 0.3) is 0 Å². The summed E-state index contributed by atoms with van der Waals surface area (Å²) in [5.41, 5.74) is 4.44. The third kappa shape index (κ3) is 13.6. The number of methoxy groups -OCH3 is 11. The second-order valence-electron chi connectivity index (χ2n) is 16.5. The van der Waals surface area contributed by atoms with E-state index in [2.05, 4.69) is 10.6 Å². The molecule has 77 heavy (non-hydrogen) atoms. The Morgan fingerprint density at radius 3 is 1.44 bits per heavy atom. The molecule has 0 spiro atoms. The topological polar surface area (TPSA) is 178 Å². The molecule has 0 aromatic heterocycles. The minimum atomic E-state index is -0.626. The van der Waals surface area contributed by atoms with Gasteiger partial charge >= 0.3 is 0 Å². The lowest BCUT2D eigenvalue weighted by Crippen LogP contribution is -2.21. The van der Waals surface area contributed by atoms with Gasteiger partial charge in [0, 0.05) is 47.0 Å². The van der Waals surface area contributed by atoms with Crippen LogP contribution in [-0.4, -0.2) is 103 Å². The van der Waals surface area contributed by atoms with Crippen molar-refractivity contribution in [3.8, 4) is 74.7 Å². The molecule has 0 aliphatic rings. The van der Waals surface area contributed by atoms with Crippen LogP contribution < -0.4 is 72.2 Å². The van der Waals surface area contributed by atoms with E-state index >= 15 is 0 Å². The van der Waals surface area contributed by atoms with Gasteiger partial charge in [0.05, 0.1) is 89.6 Å². The summed E-state index contributed by atoms with van der Waals surface area (Å²) < 4.78 is 88.0. The molecule has 0 saturated carbocycles. The van der Waals surface area contributed by atoms with Gasteiger partial charge in [-0.25, -0.2) is 4.39 Å². The van der Waals surface area contributed by atoms with Crippen LogP contribution in [0.4, 0.5) is 15.8 Å². The minimum absolute atomic E-state index is 0.0481. The van der Waals surface area contributed by atoms with Crippen LogP contribution in [-0.2, 0) is 0 Å². The quantitative estimate of drug-likeness (QED) is 0.0205. The van der Waals surface area contributed by atoms with Crippen molar-refractivity contribution in [2.24, 2.45) is 5.92 Å². The van der Waals surface area contributed by atoms with Crippen LogP contribution in [0.25, 0.3) is 24.3 Å². The van der Waals surface area contributed by atoms with Gasteiger partial charge in [-0.3, -0.25) is 9.59 Å². The minimum Gasteiger partial charge on any atom is -0.494 e. The van der Waals surface area contributed by atoms with Crippen LogP contribution >= 0.6 is 0 Å². The average molecular weight is 1060 g/mol. The standard InChI is InChI=1S/C59H63FN2O15/c1-35(55(64)41-20-21-44(65-2)42(60)31-41)33-62-54-39(18-24-47(68-5)59(54)75-12)16-14-37-29-51(71-8)57(73-10)52(30-37)77-34-76-48-32-40(19-22-45(48)66-3)43(63)25-26-61-53-38(17-23-46(67-4)58(53)74-11)15-13-36-27-49(69-6)56(72-9)50(28-36)70-7/h13-32,35,61-62H,33-34H2,1-12H3/b15-13-,16-14-,26-25-. The lowest BCUT2D eigenvalue weighted by Gasteiger charge is -2.19. The maximum absolute atomic E-state index is 14.5. The van der Waals surface area contributed by atoms with Gasteiger partial charge in [-0.15, -0.1) is 0 Å². The van der Waals surface area contributed by atoms with Crippen LogP contribution in [0.5, 0.6) is 74.7 Å². The molecule has 6 aromatic rings. The van der Waals surface area contributed by atoms with E-state index in [1.54, 1.807) is 70.7 Å². The number of halogens is 1. The third-order valence-electron chi connectivity index (χ3n) is 12.0. The van der Waals surface area contributed by atoms with Crippen LogP contribution in [0, 0.1) is 11.7 Å². The van der Waals surface area contributed by atoms with E-state index in [9.17, 15) is 14.0 Å². The first-order valence-electron chi connectivity index (χ1n) is 23.8. The van der Waals surface area contributed by atoms with Crippen LogP contribution in [0.1, 0.15) is 49.9 Å². The summed E-state index contributed by atoms with van der Waals surface area (Å²) in [5, 5.41) is 6.56. The summed E-state index contributed by atoms with van der Waals surface area (Å²) in [7, 11) is 16.6. The van der Waals surface area contributed by atoms with Crippen molar-refractivity contribution >= 4 is 47.2 Å². The summed E-state index contributed by atoms with van der Waals surface area (Å²) in [6, 6.07) is 23.3. The van der Waals surface area contributed by atoms with Gasteiger partial charge in [0.2, 0.25) is 18.3 Å². The van der Waals surface area contributed by atoms with Crippen molar-refractivity contribution in [3.63, 3.8) is 0 Å². The smallest absolute Gasteiger partial charge is 0.231 e. The maximum atomic E-state index is 14.5. The average Bonchev–Trinajstić information content (AvgIpc) is 3.46. The number of ether oxygens (including phenoxy) is 13. The van der Waals surface area contributed by atoms with Crippen molar-refractivity contribution in [1.29, 1.82) is 0 Å². The lowest BCUT2D eigenvalue weighted by molar-refractivity contribution is 0.0935. The number of hydrogen-bond acceptors (Lipinski definition) is 17. The highest BCUT2D eigenvalue weighted by Crippen LogP contribution is 2.43. The predicted molar refractivity (Wildman–Crippen MR) is 294 cm³/mol.